The van der Waals surface area contributed by atoms with Gasteiger partial charge in [-0.2, -0.15) is 0 Å². The van der Waals surface area contributed by atoms with Crippen molar-refractivity contribution < 1.29 is 14.3 Å². The van der Waals surface area contributed by atoms with Crippen molar-refractivity contribution in [2.75, 3.05) is 19.1 Å². The molecular weight excluding hydrogens is 232 g/mol. The van der Waals surface area contributed by atoms with Crippen LogP contribution in [-0.4, -0.2) is 36.5 Å². The van der Waals surface area contributed by atoms with E-state index in [1.165, 1.54) is 9.80 Å². The van der Waals surface area contributed by atoms with Crippen LogP contribution in [-0.2, 0) is 4.79 Å². The van der Waals surface area contributed by atoms with E-state index < -0.39 is 5.54 Å². The Morgan fingerprint density at radius 1 is 1.22 bits per heavy atom. The Morgan fingerprint density at radius 2 is 1.89 bits per heavy atom. The molecule has 0 aromatic heterocycles. The fourth-order valence-electron chi connectivity index (χ4n) is 1.87. The van der Waals surface area contributed by atoms with Crippen molar-refractivity contribution >= 4 is 17.6 Å². The Hall–Kier alpha value is -2.04. The molecule has 1 aliphatic rings. The van der Waals surface area contributed by atoms with Gasteiger partial charge in [0.15, 0.2) is 0 Å². The first-order valence-electron chi connectivity index (χ1n) is 5.66. The summed E-state index contributed by atoms with van der Waals surface area (Å²) in [6.07, 6.45) is 0. The standard InChI is InChI=1S/C13H16N2O3/c1-13(2)11(16)15(12(17)14(13)3)9-6-5-7-10(8-9)18-4/h5-8H,1-4H3. The topological polar surface area (TPSA) is 49.9 Å². The highest BCUT2D eigenvalue weighted by atomic mass is 16.5. The number of urea groups is 1. The smallest absolute Gasteiger partial charge is 0.332 e. The number of carbonyl (C=O) groups is 2. The lowest BCUT2D eigenvalue weighted by Gasteiger charge is -2.22. The number of amides is 3. The van der Waals surface area contributed by atoms with Gasteiger partial charge in [-0.3, -0.25) is 4.79 Å². The monoisotopic (exact) mass is 248 g/mol. The van der Waals surface area contributed by atoms with Gasteiger partial charge in [-0.05, 0) is 26.0 Å². The zero-order valence-electron chi connectivity index (χ0n) is 10.9. The highest BCUT2D eigenvalue weighted by molar-refractivity contribution is 6.22. The van der Waals surface area contributed by atoms with Gasteiger partial charge in [0.05, 0.1) is 12.8 Å². The fraction of sp³-hybridized carbons (Fsp3) is 0.385. The van der Waals surface area contributed by atoms with Crippen molar-refractivity contribution in [3.05, 3.63) is 24.3 Å². The van der Waals surface area contributed by atoms with Crippen LogP contribution in [0.1, 0.15) is 13.8 Å². The van der Waals surface area contributed by atoms with E-state index in [0.29, 0.717) is 11.4 Å². The zero-order chi connectivity index (χ0) is 13.5. The lowest BCUT2D eigenvalue weighted by atomic mass is 10.0. The maximum atomic E-state index is 12.3. The second-order valence-electron chi connectivity index (χ2n) is 4.74. The minimum Gasteiger partial charge on any atom is -0.497 e. The molecule has 0 radical (unpaired) electrons. The van der Waals surface area contributed by atoms with Gasteiger partial charge in [0.1, 0.15) is 11.3 Å². The van der Waals surface area contributed by atoms with E-state index in [2.05, 4.69) is 0 Å². The summed E-state index contributed by atoms with van der Waals surface area (Å²) in [6.45, 7) is 3.46. The normalized spacial score (nSPS) is 18.4. The predicted octanol–water partition coefficient (Wildman–Crippen LogP) is 1.87. The quantitative estimate of drug-likeness (QED) is 0.751. The third-order valence-corrected chi connectivity index (χ3v) is 3.35. The summed E-state index contributed by atoms with van der Waals surface area (Å²) in [7, 11) is 3.17. The number of rotatable bonds is 2. The summed E-state index contributed by atoms with van der Waals surface area (Å²) >= 11 is 0. The Balaban J connectivity index is 2.45. The van der Waals surface area contributed by atoms with Crippen LogP contribution in [0.25, 0.3) is 0 Å². The predicted molar refractivity (Wildman–Crippen MR) is 67.7 cm³/mol. The summed E-state index contributed by atoms with van der Waals surface area (Å²) < 4.78 is 5.10. The molecule has 0 spiro atoms. The number of hydrogen-bond acceptors (Lipinski definition) is 3. The molecule has 96 valence electrons. The Morgan fingerprint density at radius 3 is 2.39 bits per heavy atom. The highest BCUT2D eigenvalue weighted by Crippen LogP contribution is 2.31. The number of likely N-dealkylation sites (N-methyl/N-ethyl adjacent to an activating group) is 1. The molecule has 1 aromatic carbocycles. The van der Waals surface area contributed by atoms with Crippen molar-refractivity contribution in [3.8, 4) is 5.75 Å². The van der Waals surface area contributed by atoms with Crippen molar-refractivity contribution in [3.63, 3.8) is 0 Å². The molecular formula is C13H16N2O3. The second kappa shape index (κ2) is 4.01. The van der Waals surface area contributed by atoms with Gasteiger partial charge < -0.3 is 9.64 Å². The van der Waals surface area contributed by atoms with Gasteiger partial charge in [-0.15, -0.1) is 0 Å². The molecule has 1 fully saturated rings. The number of benzene rings is 1. The lowest BCUT2D eigenvalue weighted by Crippen LogP contribution is -2.41. The van der Waals surface area contributed by atoms with Crippen molar-refractivity contribution in [2.24, 2.45) is 0 Å². The maximum Gasteiger partial charge on any atom is 0.332 e. The van der Waals surface area contributed by atoms with E-state index in [0.717, 1.165) is 0 Å². The minimum atomic E-state index is -0.819. The second-order valence-corrected chi connectivity index (χ2v) is 4.74. The van der Waals surface area contributed by atoms with Crippen molar-refractivity contribution in [1.29, 1.82) is 0 Å². The van der Waals surface area contributed by atoms with Gasteiger partial charge in [-0.1, -0.05) is 6.07 Å². The average molecular weight is 248 g/mol. The van der Waals surface area contributed by atoms with Gasteiger partial charge in [0.25, 0.3) is 5.91 Å². The first-order valence-corrected chi connectivity index (χ1v) is 5.66. The summed E-state index contributed by atoms with van der Waals surface area (Å²) in [5.74, 6) is 0.378. The van der Waals surface area contributed by atoms with E-state index >= 15 is 0 Å². The number of imide groups is 1. The molecule has 0 aliphatic carbocycles. The molecule has 3 amide bonds. The highest BCUT2D eigenvalue weighted by Gasteiger charge is 2.49. The summed E-state index contributed by atoms with van der Waals surface area (Å²) in [5.41, 5.74) is -0.290. The molecule has 1 heterocycles. The third kappa shape index (κ3) is 1.63. The summed E-state index contributed by atoms with van der Waals surface area (Å²) in [4.78, 5) is 27.0. The van der Waals surface area contributed by atoms with Gasteiger partial charge >= 0.3 is 6.03 Å². The van der Waals surface area contributed by atoms with Gasteiger partial charge in [0, 0.05) is 13.1 Å². The fourth-order valence-corrected chi connectivity index (χ4v) is 1.87. The molecule has 0 unspecified atom stereocenters. The van der Waals surface area contributed by atoms with Crippen LogP contribution >= 0.6 is 0 Å². The zero-order valence-corrected chi connectivity index (χ0v) is 10.9. The molecule has 5 heteroatoms. The number of carbonyl (C=O) groups excluding carboxylic acids is 2. The lowest BCUT2D eigenvalue weighted by molar-refractivity contribution is -0.123. The number of ether oxygens (including phenoxy) is 1. The Bertz CT molecular complexity index is 511. The van der Waals surface area contributed by atoms with Crippen LogP contribution in [0.4, 0.5) is 10.5 Å². The van der Waals surface area contributed by atoms with Crippen LogP contribution < -0.4 is 9.64 Å². The molecule has 18 heavy (non-hydrogen) atoms. The maximum absolute atomic E-state index is 12.3. The Kier molecular flexibility index (Phi) is 2.77. The van der Waals surface area contributed by atoms with Crippen molar-refractivity contribution in [1.82, 2.24) is 4.90 Å². The van der Waals surface area contributed by atoms with E-state index in [1.54, 1.807) is 52.3 Å². The molecule has 1 aromatic rings. The first-order chi connectivity index (χ1) is 8.39. The largest absolute Gasteiger partial charge is 0.497 e. The van der Waals surface area contributed by atoms with Gasteiger partial charge in [0.2, 0.25) is 0 Å². The van der Waals surface area contributed by atoms with Crippen LogP contribution in [0, 0.1) is 0 Å². The van der Waals surface area contributed by atoms with Gasteiger partial charge in [-0.25, -0.2) is 9.69 Å². The van der Waals surface area contributed by atoms with Crippen LogP contribution in [0.3, 0.4) is 0 Å². The van der Waals surface area contributed by atoms with Crippen molar-refractivity contribution in [2.45, 2.75) is 19.4 Å². The Labute approximate surface area is 106 Å². The molecule has 1 aliphatic heterocycles. The SMILES string of the molecule is COc1cccc(N2C(=O)N(C)C(C)(C)C2=O)c1. The molecule has 5 nitrogen and oxygen atoms in total. The minimum absolute atomic E-state index is 0.233. The summed E-state index contributed by atoms with van der Waals surface area (Å²) in [6, 6.07) is 6.58. The van der Waals surface area contributed by atoms with Crippen LogP contribution in [0.5, 0.6) is 5.75 Å². The number of methoxy groups -OCH3 is 1. The van der Waals surface area contributed by atoms with E-state index in [1.807, 2.05) is 0 Å². The van der Waals surface area contributed by atoms with Crippen LogP contribution in [0.15, 0.2) is 24.3 Å². The molecule has 2 rings (SSSR count). The molecule has 0 bridgehead atoms. The molecule has 0 atom stereocenters. The number of nitrogens with zero attached hydrogens (tertiary/aromatic N) is 2. The third-order valence-electron chi connectivity index (χ3n) is 3.35. The van der Waals surface area contributed by atoms with E-state index in [4.69, 9.17) is 4.74 Å². The molecule has 0 saturated carbocycles. The number of hydrogen-bond donors (Lipinski definition) is 0. The summed E-state index contributed by atoms with van der Waals surface area (Å²) in [5, 5.41) is 0. The van der Waals surface area contributed by atoms with E-state index in [9.17, 15) is 9.59 Å². The molecule has 1 saturated heterocycles. The first kappa shape index (κ1) is 12.4. The average Bonchev–Trinajstić information content (AvgIpc) is 2.51. The van der Waals surface area contributed by atoms with Crippen LogP contribution in [0.2, 0.25) is 0 Å². The molecule has 0 N–H and O–H groups in total. The number of anilines is 1. The van der Waals surface area contributed by atoms with E-state index in [-0.39, 0.29) is 11.9 Å².